The molecule has 0 unspecified atom stereocenters. The van der Waals surface area contributed by atoms with Gasteiger partial charge in [0.25, 0.3) is 0 Å². The van der Waals surface area contributed by atoms with Gasteiger partial charge in [0.05, 0.1) is 5.75 Å². The lowest BCUT2D eigenvalue weighted by atomic mass is 9.81. The minimum Gasteiger partial charge on any atom is -0.368 e. The van der Waals surface area contributed by atoms with E-state index in [-0.39, 0.29) is 22.9 Å². The minimum atomic E-state index is -0.262. The fourth-order valence-electron chi connectivity index (χ4n) is 3.99. The van der Waals surface area contributed by atoms with Gasteiger partial charge >= 0.3 is 0 Å². The fraction of sp³-hybridized carbons (Fsp3) is 0.286. The Bertz CT molecular complexity index is 1090. The predicted molar refractivity (Wildman–Crippen MR) is 115 cm³/mol. The van der Waals surface area contributed by atoms with Gasteiger partial charge in [0.15, 0.2) is 5.78 Å². The summed E-state index contributed by atoms with van der Waals surface area (Å²) in [4.78, 5) is 19.0. The average molecular weight is 394 g/mol. The molecule has 4 rings (SSSR count). The van der Waals surface area contributed by atoms with Crippen molar-refractivity contribution in [3.63, 3.8) is 0 Å². The van der Waals surface area contributed by atoms with E-state index in [4.69, 9.17) is 5.73 Å². The van der Waals surface area contributed by atoms with Gasteiger partial charge in [-0.15, -0.1) is 5.10 Å². The molecule has 1 aromatic heterocycles. The van der Waals surface area contributed by atoms with Crippen molar-refractivity contribution >= 4 is 40.0 Å². The molecular weight excluding hydrogens is 370 g/mol. The molecule has 0 spiro atoms. The number of nitrogens with zero attached hydrogens (tertiary/aromatic N) is 3. The molecule has 0 radical (unpaired) electrons. The van der Waals surface area contributed by atoms with Gasteiger partial charge in [0.1, 0.15) is 0 Å². The Morgan fingerprint density at radius 1 is 1.29 bits per heavy atom. The third kappa shape index (κ3) is 3.05. The summed E-state index contributed by atoms with van der Waals surface area (Å²) in [5, 5.41) is 9.49. The van der Waals surface area contributed by atoms with Gasteiger partial charge in [-0.05, 0) is 29.3 Å². The minimum absolute atomic E-state index is 0.0343. The van der Waals surface area contributed by atoms with Crippen molar-refractivity contribution in [3.05, 3.63) is 53.7 Å². The SMILES string of the molecule is CCN1/C(=C\C(=O)CSc2n[nH]c(N)n2)C(C)(C)c2c1ccc1ccccc21. The Kier molecular flexibility index (Phi) is 4.63. The molecule has 28 heavy (non-hydrogen) atoms. The summed E-state index contributed by atoms with van der Waals surface area (Å²) in [5.74, 6) is 0.558. The van der Waals surface area contributed by atoms with Crippen LogP contribution in [0.2, 0.25) is 0 Å². The van der Waals surface area contributed by atoms with Gasteiger partial charge in [-0.2, -0.15) is 4.98 Å². The van der Waals surface area contributed by atoms with Crippen molar-refractivity contribution in [1.29, 1.82) is 0 Å². The molecule has 0 saturated heterocycles. The van der Waals surface area contributed by atoms with E-state index >= 15 is 0 Å². The molecule has 2 heterocycles. The smallest absolute Gasteiger partial charge is 0.216 e. The van der Waals surface area contributed by atoms with Crippen molar-refractivity contribution in [2.75, 3.05) is 22.9 Å². The zero-order chi connectivity index (χ0) is 19.9. The lowest BCUT2D eigenvalue weighted by Gasteiger charge is -2.26. The number of aromatic nitrogens is 3. The van der Waals surface area contributed by atoms with Gasteiger partial charge in [-0.3, -0.25) is 4.79 Å². The first-order valence-electron chi connectivity index (χ1n) is 9.27. The molecule has 1 aliphatic heterocycles. The maximum atomic E-state index is 12.7. The van der Waals surface area contributed by atoms with E-state index < -0.39 is 0 Å². The second-order valence-corrected chi connectivity index (χ2v) is 8.28. The second kappa shape index (κ2) is 6.98. The quantitative estimate of drug-likeness (QED) is 0.505. The van der Waals surface area contributed by atoms with E-state index in [9.17, 15) is 4.79 Å². The average Bonchev–Trinajstić information content (AvgIpc) is 3.19. The van der Waals surface area contributed by atoms with E-state index in [0.29, 0.717) is 5.16 Å². The Balaban J connectivity index is 1.69. The van der Waals surface area contributed by atoms with Crippen molar-refractivity contribution in [1.82, 2.24) is 15.2 Å². The number of carbonyl (C=O) groups is 1. The van der Waals surface area contributed by atoms with Crippen LogP contribution in [0.15, 0.2) is 53.3 Å². The van der Waals surface area contributed by atoms with Crippen LogP contribution in [0.25, 0.3) is 10.8 Å². The Morgan fingerprint density at radius 3 is 2.79 bits per heavy atom. The molecular formula is C21H23N5OS. The Morgan fingerprint density at radius 2 is 2.07 bits per heavy atom. The number of H-pyrrole nitrogens is 1. The van der Waals surface area contributed by atoms with Crippen LogP contribution in [0.3, 0.4) is 0 Å². The number of thioether (sulfide) groups is 1. The third-order valence-corrected chi connectivity index (χ3v) is 6.06. The molecule has 0 saturated carbocycles. The van der Waals surface area contributed by atoms with Crippen LogP contribution < -0.4 is 10.6 Å². The number of aromatic amines is 1. The monoisotopic (exact) mass is 393 g/mol. The molecule has 7 heteroatoms. The number of benzene rings is 2. The summed E-state index contributed by atoms with van der Waals surface area (Å²) in [7, 11) is 0. The Labute approximate surface area is 168 Å². The van der Waals surface area contributed by atoms with Crippen molar-refractivity contribution in [2.45, 2.75) is 31.3 Å². The van der Waals surface area contributed by atoms with Gasteiger partial charge < -0.3 is 10.6 Å². The summed E-state index contributed by atoms with van der Waals surface area (Å²) >= 11 is 1.28. The summed E-state index contributed by atoms with van der Waals surface area (Å²) in [5.41, 5.74) is 8.76. The molecule has 0 aliphatic carbocycles. The number of allylic oxidation sites excluding steroid dienone is 2. The molecule has 0 atom stereocenters. The largest absolute Gasteiger partial charge is 0.368 e. The summed E-state index contributed by atoms with van der Waals surface area (Å²) in [6.07, 6.45) is 1.78. The molecule has 0 fully saturated rings. The van der Waals surface area contributed by atoms with E-state index in [1.807, 2.05) is 0 Å². The normalized spacial score (nSPS) is 16.7. The molecule has 3 N–H and O–H groups in total. The van der Waals surface area contributed by atoms with E-state index in [2.05, 4.69) is 77.3 Å². The standard InChI is InChI=1S/C21H23N5OS/c1-4-26-16-10-9-13-7-5-6-8-15(13)18(16)21(2,3)17(26)11-14(27)12-28-20-23-19(22)24-25-20/h5-11H,4,12H2,1-3H3,(H3,22,23,24,25)/b17-11-. The van der Waals surface area contributed by atoms with Crippen LogP contribution in [0.5, 0.6) is 0 Å². The highest BCUT2D eigenvalue weighted by Crippen LogP contribution is 2.50. The zero-order valence-corrected chi connectivity index (χ0v) is 17.0. The zero-order valence-electron chi connectivity index (χ0n) is 16.2. The topological polar surface area (TPSA) is 87.9 Å². The number of nitrogens with one attached hydrogen (secondary N) is 1. The van der Waals surface area contributed by atoms with Gasteiger partial charge in [-0.25, -0.2) is 5.10 Å². The highest BCUT2D eigenvalue weighted by Gasteiger charge is 2.41. The van der Waals surface area contributed by atoms with Crippen molar-refractivity contribution in [3.8, 4) is 0 Å². The summed E-state index contributed by atoms with van der Waals surface area (Å²) in [6.45, 7) is 7.30. The predicted octanol–water partition coefficient (Wildman–Crippen LogP) is 3.90. The first-order chi connectivity index (χ1) is 13.4. The first-order valence-corrected chi connectivity index (χ1v) is 10.3. The number of carbonyl (C=O) groups excluding carboxylic acids is 1. The molecule has 144 valence electrons. The molecule has 1 aliphatic rings. The van der Waals surface area contributed by atoms with Crippen LogP contribution in [-0.2, 0) is 10.2 Å². The number of fused-ring (bicyclic) bond motifs is 3. The number of ketones is 1. The van der Waals surface area contributed by atoms with Crippen molar-refractivity contribution < 1.29 is 4.79 Å². The van der Waals surface area contributed by atoms with Crippen LogP contribution in [0, 0.1) is 0 Å². The number of likely N-dealkylation sites (N-methyl/N-ethyl adjacent to an activating group) is 1. The molecule has 0 bridgehead atoms. The Hall–Kier alpha value is -2.80. The summed E-state index contributed by atoms with van der Waals surface area (Å²) in [6, 6.07) is 12.7. The second-order valence-electron chi connectivity index (χ2n) is 7.34. The van der Waals surface area contributed by atoms with E-state index in [1.54, 1.807) is 6.08 Å². The molecule has 6 nitrogen and oxygen atoms in total. The van der Waals surface area contributed by atoms with Crippen molar-refractivity contribution in [2.24, 2.45) is 0 Å². The fourth-order valence-corrected chi connectivity index (χ4v) is 4.62. The number of nitrogens with two attached hydrogens (primary N) is 1. The molecule has 0 amide bonds. The number of rotatable bonds is 5. The van der Waals surface area contributed by atoms with Crippen LogP contribution in [-0.4, -0.2) is 33.3 Å². The van der Waals surface area contributed by atoms with Gasteiger partial charge in [0, 0.05) is 29.4 Å². The van der Waals surface area contributed by atoms with Crippen LogP contribution in [0.4, 0.5) is 11.6 Å². The first kappa shape index (κ1) is 18.6. The molecule has 2 aromatic carbocycles. The maximum absolute atomic E-state index is 12.7. The van der Waals surface area contributed by atoms with Crippen LogP contribution >= 0.6 is 11.8 Å². The third-order valence-electron chi connectivity index (χ3n) is 5.19. The number of hydrogen-bond donors (Lipinski definition) is 2. The van der Waals surface area contributed by atoms with Gasteiger partial charge in [-0.1, -0.05) is 55.9 Å². The van der Waals surface area contributed by atoms with E-state index in [0.717, 1.165) is 12.2 Å². The molecule has 3 aromatic rings. The highest BCUT2D eigenvalue weighted by atomic mass is 32.2. The number of hydrogen-bond acceptors (Lipinski definition) is 6. The van der Waals surface area contributed by atoms with Gasteiger partial charge in [0.2, 0.25) is 11.1 Å². The number of anilines is 2. The van der Waals surface area contributed by atoms with Crippen LogP contribution in [0.1, 0.15) is 26.3 Å². The lowest BCUT2D eigenvalue weighted by Crippen LogP contribution is -2.27. The lowest BCUT2D eigenvalue weighted by molar-refractivity contribution is -0.112. The van der Waals surface area contributed by atoms with E-state index in [1.165, 1.54) is 33.8 Å². The number of nitrogen functional groups attached to an aromatic ring is 1. The summed E-state index contributed by atoms with van der Waals surface area (Å²) < 4.78 is 0. The highest BCUT2D eigenvalue weighted by molar-refractivity contribution is 7.99. The maximum Gasteiger partial charge on any atom is 0.216 e.